The molecular weight excluding hydrogens is 542 g/mol. The van der Waals surface area contributed by atoms with E-state index in [1.807, 2.05) is 62.4 Å². The van der Waals surface area contributed by atoms with Crippen LogP contribution in [0.1, 0.15) is 70.8 Å². The zero-order valence-corrected chi connectivity index (χ0v) is 25.7. The largest absolute Gasteiger partial charge is 0.490 e. The van der Waals surface area contributed by atoms with E-state index in [1.54, 1.807) is 6.08 Å². The van der Waals surface area contributed by atoms with Gasteiger partial charge in [0.05, 0.1) is 5.39 Å². The van der Waals surface area contributed by atoms with Crippen molar-refractivity contribution < 1.29 is 14.1 Å². The number of hydrogen-bond donors (Lipinski definition) is 4. The number of carbonyl (C=O) groups is 1. The summed E-state index contributed by atoms with van der Waals surface area (Å²) >= 11 is 0. The number of rotatable bonds is 7. The summed E-state index contributed by atoms with van der Waals surface area (Å²) in [6.07, 6.45) is 14.1. The van der Waals surface area contributed by atoms with Gasteiger partial charge in [0.2, 0.25) is 0 Å². The predicted octanol–water partition coefficient (Wildman–Crippen LogP) is 5.81. The third-order valence-corrected chi connectivity index (χ3v) is 7.67. The molecule has 2 heterocycles. The second-order valence-electron chi connectivity index (χ2n) is 10.9. The highest BCUT2D eigenvalue weighted by Crippen LogP contribution is 2.32. The molecule has 2 aromatic carbocycles. The van der Waals surface area contributed by atoms with Crippen molar-refractivity contribution in [3.8, 4) is 17.1 Å². The number of piperidine rings is 1. The van der Waals surface area contributed by atoms with E-state index in [1.165, 1.54) is 19.3 Å². The molecule has 232 valence electrons. The van der Waals surface area contributed by atoms with Crippen LogP contribution in [0.15, 0.2) is 64.2 Å². The monoisotopic (exact) mass is 589 g/mol. The first-order valence-corrected chi connectivity index (χ1v) is 15.2. The Hall–Kier alpha value is -4.02. The van der Waals surface area contributed by atoms with Crippen LogP contribution in [0, 0.1) is 11.3 Å². The van der Waals surface area contributed by atoms with Gasteiger partial charge in [-0.05, 0) is 82.5 Å². The molecule has 1 aliphatic heterocycles. The van der Waals surface area contributed by atoms with Gasteiger partial charge in [-0.1, -0.05) is 49.6 Å². The van der Waals surface area contributed by atoms with Gasteiger partial charge >= 0.3 is 0 Å². The van der Waals surface area contributed by atoms with Gasteiger partial charge in [0, 0.05) is 35.8 Å². The molecule has 0 spiro atoms. The molecule has 0 amide bonds. The number of aromatic nitrogens is 1. The number of carbonyl (C=O) groups excluding carboxylic acids is 1. The van der Waals surface area contributed by atoms with E-state index in [9.17, 15) is 4.79 Å². The number of amidine groups is 1. The van der Waals surface area contributed by atoms with Crippen LogP contribution in [-0.2, 0) is 4.79 Å². The van der Waals surface area contributed by atoms with Crippen molar-refractivity contribution in [1.29, 1.82) is 5.41 Å². The summed E-state index contributed by atoms with van der Waals surface area (Å²) in [4.78, 5) is 12.5. The second kappa shape index (κ2) is 17.8. The number of nitrogens with two attached hydrogens (primary N) is 2. The molecular formula is C33H47N7O3. The average molecular weight is 590 g/mol. The highest BCUT2D eigenvalue weighted by Gasteiger charge is 2.19. The Bertz CT molecular complexity index is 1350. The standard InChI is InChI=1S/C20H24N6O2.C7H12O.C6H11N/c1-26-9-7-15(8-10-26)27-16-4-2-3-13(11-16)19-17-12-14(20(23-21)24-22)5-6-18(17)25-28-19;8-6-7-4-2-1-3-5-7;1-3-5-6(7)4-2/h2-6,11-12,15H,7-10,21-22H2,1H3,(H,23,24);6-7H,1-5H2;3,5,7H,4H2,1-2H3/b;;5-3-,7-6?. The SMILES string of the molecule is C/C=C\C(=N)CC.CN1CCC(Oc2cccc(-c3onc4ccc(/C(=N/N)NN)cc34)c2)CC1.O=CC1CCCCC1. The van der Waals surface area contributed by atoms with Gasteiger partial charge in [0.25, 0.3) is 0 Å². The number of ether oxygens (including phenoxy) is 1. The molecule has 2 fully saturated rings. The van der Waals surface area contributed by atoms with Gasteiger partial charge in [0.1, 0.15) is 23.7 Å². The topological polar surface area (TPSA) is 156 Å². The van der Waals surface area contributed by atoms with Crippen molar-refractivity contribution in [2.45, 2.75) is 71.3 Å². The number of nitrogens with one attached hydrogen (secondary N) is 2. The van der Waals surface area contributed by atoms with Crippen LogP contribution in [0.5, 0.6) is 5.75 Å². The molecule has 10 heteroatoms. The Morgan fingerprint density at radius 3 is 2.49 bits per heavy atom. The van der Waals surface area contributed by atoms with Crippen molar-refractivity contribution in [2.75, 3.05) is 20.1 Å². The average Bonchev–Trinajstić information content (AvgIpc) is 3.47. The lowest BCUT2D eigenvalue weighted by Crippen LogP contribution is -2.35. The number of likely N-dealkylation sites (tertiary alicyclic amines) is 1. The summed E-state index contributed by atoms with van der Waals surface area (Å²) in [5.74, 6) is 13.2. The fourth-order valence-corrected chi connectivity index (χ4v) is 5.09. The first kappa shape index (κ1) is 33.5. The molecule has 10 nitrogen and oxygen atoms in total. The fourth-order valence-electron chi connectivity index (χ4n) is 5.09. The fraction of sp³-hybridized carbons (Fsp3) is 0.455. The number of allylic oxidation sites excluding steroid dienone is 2. The summed E-state index contributed by atoms with van der Waals surface area (Å²) in [6.45, 7) is 6.01. The van der Waals surface area contributed by atoms with Crippen LogP contribution in [0.25, 0.3) is 22.2 Å². The van der Waals surface area contributed by atoms with E-state index in [4.69, 9.17) is 26.4 Å². The smallest absolute Gasteiger partial charge is 0.174 e. The molecule has 1 saturated carbocycles. The Morgan fingerprint density at radius 2 is 1.91 bits per heavy atom. The Balaban J connectivity index is 0.000000277. The van der Waals surface area contributed by atoms with Crippen LogP contribution in [0.4, 0.5) is 0 Å². The number of aldehydes is 1. The third-order valence-electron chi connectivity index (χ3n) is 7.67. The minimum absolute atomic E-state index is 0.239. The number of hydrogen-bond acceptors (Lipinski definition) is 9. The maximum absolute atomic E-state index is 10.2. The van der Waals surface area contributed by atoms with Gasteiger partial charge in [-0.25, -0.2) is 5.84 Å². The normalized spacial score (nSPS) is 16.6. The van der Waals surface area contributed by atoms with Gasteiger partial charge in [-0.3, -0.25) is 0 Å². The summed E-state index contributed by atoms with van der Waals surface area (Å²) < 4.78 is 11.8. The van der Waals surface area contributed by atoms with Crippen molar-refractivity contribution in [3.05, 3.63) is 60.2 Å². The Morgan fingerprint density at radius 1 is 1.16 bits per heavy atom. The maximum atomic E-state index is 10.2. The molecule has 0 radical (unpaired) electrons. The maximum Gasteiger partial charge on any atom is 0.174 e. The van der Waals surface area contributed by atoms with Crippen LogP contribution in [-0.4, -0.2) is 54.1 Å². The number of benzene rings is 2. The third kappa shape index (κ3) is 10.3. The lowest BCUT2D eigenvalue weighted by molar-refractivity contribution is -0.111. The van der Waals surface area contributed by atoms with Crippen molar-refractivity contribution in [1.82, 2.24) is 15.5 Å². The number of nitrogens with zero attached hydrogens (tertiary/aromatic N) is 3. The van der Waals surface area contributed by atoms with Gasteiger partial charge in [-0.15, -0.1) is 0 Å². The highest BCUT2D eigenvalue weighted by atomic mass is 16.5. The lowest BCUT2D eigenvalue weighted by atomic mass is 9.91. The van der Waals surface area contributed by atoms with Crippen LogP contribution < -0.4 is 21.8 Å². The summed E-state index contributed by atoms with van der Waals surface area (Å²) in [7, 11) is 2.14. The Kier molecular flexibility index (Phi) is 13.9. The molecule has 1 aromatic heterocycles. The lowest BCUT2D eigenvalue weighted by Gasteiger charge is -2.29. The van der Waals surface area contributed by atoms with Crippen molar-refractivity contribution >= 4 is 28.7 Å². The van der Waals surface area contributed by atoms with Gasteiger partial charge in [0.15, 0.2) is 11.6 Å². The molecule has 1 saturated heterocycles. The molecule has 0 unspecified atom stereocenters. The number of fused-ring (bicyclic) bond motifs is 1. The minimum Gasteiger partial charge on any atom is -0.490 e. The first-order valence-electron chi connectivity index (χ1n) is 15.2. The highest BCUT2D eigenvalue weighted by molar-refractivity contribution is 6.03. The molecule has 1 aliphatic carbocycles. The van der Waals surface area contributed by atoms with Crippen molar-refractivity contribution in [2.24, 2.45) is 22.7 Å². The molecule has 0 atom stereocenters. The molecule has 43 heavy (non-hydrogen) atoms. The summed E-state index contributed by atoms with van der Waals surface area (Å²) in [5, 5.41) is 15.7. The zero-order valence-electron chi connectivity index (χ0n) is 25.7. The van der Waals surface area contributed by atoms with Crippen LogP contribution in [0.3, 0.4) is 0 Å². The van der Waals surface area contributed by atoms with Crippen LogP contribution >= 0.6 is 0 Å². The molecule has 6 N–H and O–H groups in total. The van der Waals surface area contributed by atoms with E-state index in [0.29, 0.717) is 23.2 Å². The van der Waals surface area contributed by atoms with Gasteiger partial charge in [-0.2, -0.15) is 5.10 Å². The first-order chi connectivity index (χ1) is 20.9. The zero-order chi connectivity index (χ0) is 31.0. The molecule has 0 bridgehead atoms. The summed E-state index contributed by atoms with van der Waals surface area (Å²) in [5.41, 5.74) is 5.58. The van der Waals surface area contributed by atoms with E-state index in [-0.39, 0.29) is 6.10 Å². The van der Waals surface area contributed by atoms with Gasteiger partial charge < -0.3 is 35.6 Å². The van der Waals surface area contributed by atoms with E-state index >= 15 is 0 Å². The van der Waals surface area contributed by atoms with E-state index in [2.05, 4.69) is 27.6 Å². The minimum atomic E-state index is 0.239. The molecule has 5 rings (SSSR count). The Labute approximate surface area is 255 Å². The van der Waals surface area contributed by atoms with E-state index < -0.39 is 0 Å². The van der Waals surface area contributed by atoms with E-state index in [0.717, 1.165) is 79.3 Å². The van der Waals surface area contributed by atoms with Crippen molar-refractivity contribution in [3.63, 3.8) is 0 Å². The number of hydrazine groups is 1. The second-order valence-corrected chi connectivity index (χ2v) is 10.9. The summed E-state index contributed by atoms with van der Waals surface area (Å²) in [6, 6.07) is 13.5. The predicted molar refractivity (Wildman–Crippen MR) is 174 cm³/mol. The molecule has 2 aliphatic rings. The molecule has 3 aromatic rings. The van der Waals surface area contributed by atoms with Crippen LogP contribution in [0.2, 0.25) is 0 Å². The quantitative estimate of drug-likeness (QED) is 0.0884. The number of hydrazone groups is 1.